The van der Waals surface area contributed by atoms with E-state index in [4.69, 9.17) is 10.8 Å². The Kier molecular flexibility index (Phi) is 4.26. The number of aromatic nitrogens is 1. The fourth-order valence-electron chi connectivity index (χ4n) is 1.52. The first-order chi connectivity index (χ1) is 9.77. The molecule has 0 radical (unpaired) electrons. The molecule has 112 valence electrons. The van der Waals surface area contributed by atoms with Crippen molar-refractivity contribution < 1.29 is 18.3 Å². The van der Waals surface area contributed by atoms with Gasteiger partial charge in [0.1, 0.15) is 6.04 Å². The minimum atomic E-state index is -3.23. The Bertz CT molecular complexity index is 753. The predicted octanol–water partition coefficient (Wildman–Crippen LogP) is 1.37. The highest BCUT2D eigenvalue weighted by atomic mass is 32.2. The zero-order valence-electron chi connectivity index (χ0n) is 11.0. The van der Waals surface area contributed by atoms with Gasteiger partial charge in [0.15, 0.2) is 15.0 Å². The van der Waals surface area contributed by atoms with Crippen LogP contribution in [-0.4, -0.2) is 30.7 Å². The Morgan fingerprint density at radius 1 is 1.38 bits per heavy atom. The molecule has 21 heavy (non-hydrogen) atoms. The maximum Gasteiger partial charge on any atom is 0.326 e. The van der Waals surface area contributed by atoms with Crippen molar-refractivity contribution in [1.82, 2.24) is 4.98 Å². The van der Waals surface area contributed by atoms with Crippen LogP contribution in [0.2, 0.25) is 0 Å². The number of rotatable bonds is 5. The van der Waals surface area contributed by atoms with E-state index in [9.17, 15) is 13.2 Å². The number of sulfone groups is 1. The number of nitrogens with one attached hydrogen (secondary N) is 1. The summed E-state index contributed by atoms with van der Waals surface area (Å²) < 4.78 is 22.7. The van der Waals surface area contributed by atoms with Crippen LogP contribution in [0.5, 0.6) is 0 Å². The standard InChI is InChI=1S/C12H13N3O4S2/c1-21(18,19)8-4-2-7(3-5-8)14-12-15-9(6-20-12)10(13)11(16)17/h2-6,10H,13H2,1H3,(H,14,15)(H,16,17). The Balaban J connectivity index is 2.14. The van der Waals surface area contributed by atoms with Crippen molar-refractivity contribution >= 4 is 38.0 Å². The maximum atomic E-state index is 11.3. The second kappa shape index (κ2) is 5.80. The molecule has 2 aromatic rings. The van der Waals surface area contributed by atoms with Crippen molar-refractivity contribution in [2.75, 3.05) is 11.6 Å². The van der Waals surface area contributed by atoms with Gasteiger partial charge in [0.25, 0.3) is 0 Å². The number of carboxylic acids is 1. The molecule has 0 amide bonds. The summed E-state index contributed by atoms with van der Waals surface area (Å²) in [5, 5.41) is 13.8. The molecule has 4 N–H and O–H groups in total. The molecular weight excluding hydrogens is 314 g/mol. The molecule has 2 rings (SSSR count). The van der Waals surface area contributed by atoms with Crippen molar-refractivity contribution in [2.45, 2.75) is 10.9 Å². The van der Waals surface area contributed by atoms with Crippen molar-refractivity contribution in [3.05, 3.63) is 35.3 Å². The van der Waals surface area contributed by atoms with E-state index < -0.39 is 21.8 Å². The molecule has 0 saturated carbocycles. The molecule has 0 aliphatic heterocycles. The lowest BCUT2D eigenvalue weighted by Gasteiger charge is -2.04. The Morgan fingerprint density at radius 3 is 2.52 bits per heavy atom. The number of benzene rings is 1. The summed E-state index contributed by atoms with van der Waals surface area (Å²) in [7, 11) is -3.23. The van der Waals surface area contributed by atoms with E-state index in [0.717, 1.165) is 6.26 Å². The number of thiazole rings is 1. The largest absolute Gasteiger partial charge is 0.480 e. The minimum absolute atomic E-state index is 0.223. The van der Waals surface area contributed by atoms with Gasteiger partial charge in [-0.1, -0.05) is 0 Å². The van der Waals surface area contributed by atoms with Gasteiger partial charge in [0.2, 0.25) is 0 Å². The number of aliphatic carboxylic acids is 1. The van der Waals surface area contributed by atoms with Crippen molar-refractivity contribution in [3.8, 4) is 0 Å². The average Bonchev–Trinajstić information content (AvgIpc) is 2.85. The topological polar surface area (TPSA) is 122 Å². The number of nitrogens with two attached hydrogens (primary N) is 1. The van der Waals surface area contributed by atoms with Crippen LogP contribution in [0, 0.1) is 0 Å². The van der Waals surface area contributed by atoms with E-state index in [1.165, 1.54) is 23.5 Å². The first-order valence-electron chi connectivity index (χ1n) is 5.78. The van der Waals surface area contributed by atoms with Crippen LogP contribution in [0.25, 0.3) is 0 Å². The molecule has 1 atom stereocenters. The molecule has 1 heterocycles. The second-order valence-electron chi connectivity index (χ2n) is 4.31. The number of hydrogen-bond donors (Lipinski definition) is 3. The van der Waals surface area contributed by atoms with Gasteiger partial charge in [-0.15, -0.1) is 11.3 Å². The van der Waals surface area contributed by atoms with E-state index in [0.29, 0.717) is 10.8 Å². The van der Waals surface area contributed by atoms with Gasteiger partial charge in [-0.3, -0.25) is 4.79 Å². The fraction of sp³-hybridized carbons (Fsp3) is 0.167. The monoisotopic (exact) mass is 327 g/mol. The number of carboxylic acid groups (broad SMARTS) is 1. The van der Waals surface area contributed by atoms with Crippen LogP contribution in [0.15, 0.2) is 34.5 Å². The molecule has 0 aliphatic rings. The first kappa shape index (κ1) is 15.4. The second-order valence-corrected chi connectivity index (χ2v) is 7.19. The lowest BCUT2D eigenvalue weighted by molar-refractivity contribution is -0.138. The molecular formula is C12H13N3O4S2. The number of anilines is 2. The molecule has 7 nitrogen and oxygen atoms in total. The van der Waals surface area contributed by atoms with Crippen LogP contribution in [0.4, 0.5) is 10.8 Å². The molecule has 0 aliphatic carbocycles. The van der Waals surface area contributed by atoms with E-state index >= 15 is 0 Å². The molecule has 0 saturated heterocycles. The van der Waals surface area contributed by atoms with E-state index in [2.05, 4.69) is 10.3 Å². The molecule has 1 aromatic carbocycles. The van der Waals surface area contributed by atoms with Gasteiger partial charge in [-0.25, -0.2) is 13.4 Å². The normalized spacial score (nSPS) is 12.9. The van der Waals surface area contributed by atoms with Crippen molar-refractivity contribution in [2.24, 2.45) is 5.73 Å². The minimum Gasteiger partial charge on any atom is -0.480 e. The van der Waals surface area contributed by atoms with E-state index in [-0.39, 0.29) is 10.6 Å². The summed E-state index contributed by atoms with van der Waals surface area (Å²) in [5.74, 6) is -1.15. The van der Waals surface area contributed by atoms with Gasteiger partial charge >= 0.3 is 5.97 Å². The van der Waals surface area contributed by atoms with Gasteiger partial charge < -0.3 is 16.2 Å². The zero-order chi connectivity index (χ0) is 15.6. The number of nitrogens with zero attached hydrogens (tertiary/aromatic N) is 1. The highest BCUT2D eigenvalue weighted by Crippen LogP contribution is 2.24. The Morgan fingerprint density at radius 2 is 2.00 bits per heavy atom. The predicted molar refractivity (Wildman–Crippen MR) is 79.5 cm³/mol. The molecule has 0 fully saturated rings. The maximum absolute atomic E-state index is 11.3. The summed E-state index contributed by atoms with van der Waals surface area (Å²) in [4.78, 5) is 15.1. The molecule has 0 bridgehead atoms. The lowest BCUT2D eigenvalue weighted by atomic mass is 10.2. The summed E-state index contributed by atoms with van der Waals surface area (Å²) in [5.41, 5.74) is 6.37. The van der Waals surface area contributed by atoms with E-state index in [1.54, 1.807) is 17.5 Å². The summed E-state index contributed by atoms with van der Waals surface area (Å²) in [6.07, 6.45) is 1.13. The van der Waals surface area contributed by atoms with Crippen LogP contribution >= 0.6 is 11.3 Å². The Hall–Kier alpha value is -1.97. The lowest BCUT2D eigenvalue weighted by Crippen LogP contribution is -2.20. The van der Waals surface area contributed by atoms with Crippen LogP contribution in [0.1, 0.15) is 11.7 Å². The fourth-order valence-corrected chi connectivity index (χ4v) is 2.92. The average molecular weight is 327 g/mol. The third-order valence-electron chi connectivity index (χ3n) is 2.64. The highest BCUT2D eigenvalue weighted by molar-refractivity contribution is 7.90. The van der Waals surface area contributed by atoms with Gasteiger partial charge in [0.05, 0.1) is 10.6 Å². The van der Waals surface area contributed by atoms with Gasteiger partial charge in [-0.2, -0.15) is 0 Å². The number of hydrogen-bond acceptors (Lipinski definition) is 7. The zero-order valence-corrected chi connectivity index (χ0v) is 12.6. The van der Waals surface area contributed by atoms with Crippen LogP contribution in [-0.2, 0) is 14.6 Å². The third kappa shape index (κ3) is 3.78. The quantitative estimate of drug-likeness (QED) is 0.758. The molecule has 1 unspecified atom stereocenters. The van der Waals surface area contributed by atoms with Gasteiger partial charge in [-0.05, 0) is 24.3 Å². The number of carbonyl (C=O) groups is 1. The SMILES string of the molecule is CS(=O)(=O)c1ccc(Nc2nc(C(N)C(=O)O)cs2)cc1. The summed E-state index contributed by atoms with van der Waals surface area (Å²) >= 11 is 1.22. The summed E-state index contributed by atoms with van der Waals surface area (Å²) in [6.45, 7) is 0. The Labute approximate surface area is 125 Å². The molecule has 9 heteroatoms. The van der Waals surface area contributed by atoms with Crippen molar-refractivity contribution in [3.63, 3.8) is 0 Å². The van der Waals surface area contributed by atoms with Gasteiger partial charge in [0, 0.05) is 17.3 Å². The van der Waals surface area contributed by atoms with Crippen LogP contribution < -0.4 is 11.1 Å². The first-order valence-corrected chi connectivity index (χ1v) is 8.55. The van der Waals surface area contributed by atoms with Crippen LogP contribution in [0.3, 0.4) is 0 Å². The summed E-state index contributed by atoms with van der Waals surface area (Å²) in [6, 6.07) is 5.01. The third-order valence-corrected chi connectivity index (χ3v) is 4.54. The molecule has 1 aromatic heterocycles. The van der Waals surface area contributed by atoms with Crippen molar-refractivity contribution in [1.29, 1.82) is 0 Å². The smallest absolute Gasteiger partial charge is 0.326 e. The molecule has 0 spiro atoms. The highest BCUT2D eigenvalue weighted by Gasteiger charge is 2.17. The van der Waals surface area contributed by atoms with E-state index in [1.807, 2.05) is 0 Å².